The monoisotopic (exact) mass is 329 g/mol. The molecule has 1 aromatic carbocycles. The summed E-state index contributed by atoms with van der Waals surface area (Å²) in [5.41, 5.74) is 7.98. The zero-order valence-electron chi connectivity index (χ0n) is 12.0. The maximum Gasteiger partial charge on any atom is 0.156 e. The van der Waals surface area contributed by atoms with E-state index in [1.165, 1.54) is 5.56 Å². The second kappa shape index (κ2) is 8.43. The van der Waals surface area contributed by atoms with Gasteiger partial charge in [0.05, 0.1) is 16.8 Å². The van der Waals surface area contributed by atoms with Gasteiger partial charge in [-0.15, -0.1) is 0 Å². The molecule has 0 aliphatic heterocycles. The summed E-state index contributed by atoms with van der Waals surface area (Å²) in [7, 11) is 0. The Bertz CT molecular complexity index is 373. The van der Waals surface area contributed by atoms with Gasteiger partial charge in [-0.3, -0.25) is 0 Å². The Balaban J connectivity index is 2.64. The van der Waals surface area contributed by atoms with Crippen molar-refractivity contribution in [1.29, 1.82) is 0 Å². The molecule has 1 aromatic rings. The van der Waals surface area contributed by atoms with Crippen LogP contribution in [0.15, 0.2) is 16.6 Å². The Kier molecular flexibility index (Phi) is 7.24. The summed E-state index contributed by atoms with van der Waals surface area (Å²) in [5, 5.41) is 0. The summed E-state index contributed by atoms with van der Waals surface area (Å²) < 4.78 is 12.0. The van der Waals surface area contributed by atoms with Crippen LogP contribution in [0.1, 0.15) is 45.1 Å². The Morgan fingerprint density at radius 1 is 1.21 bits per heavy atom. The van der Waals surface area contributed by atoms with E-state index in [4.69, 9.17) is 15.2 Å². The fourth-order valence-electron chi connectivity index (χ4n) is 1.76. The van der Waals surface area contributed by atoms with Crippen LogP contribution in [0.5, 0.6) is 5.75 Å². The van der Waals surface area contributed by atoms with Gasteiger partial charge in [0.15, 0.2) is 5.75 Å². The Morgan fingerprint density at radius 3 is 2.53 bits per heavy atom. The van der Waals surface area contributed by atoms with Crippen LogP contribution in [0.3, 0.4) is 0 Å². The number of nitrogens with two attached hydrogens (primary N) is 1. The normalized spacial score (nSPS) is 12.4. The Hall–Kier alpha value is -0.740. The number of hydrogen-bond acceptors (Lipinski definition) is 3. The van der Waals surface area contributed by atoms with Crippen LogP contribution in [0.2, 0.25) is 0 Å². The van der Waals surface area contributed by atoms with Crippen molar-refractivity contribution >= 4 is 21.6 Å². The van der Waals surface area contributed by atoms with Crippen molar-refractivity contribution < 1.29 is 9.47 Å². The third-order valence-electron chi connectivity index (χ3n) is 3.10. The molecule has 0 aliphatic carbocycles. The van der Waals surface area contributed by atoms with Crippen molar-refractivity contribution in [3.63, 3.8) is 0 Å². The van der Waals surface area contributed by atoms with E-state index in [1.54, 1.807) is 0 Å². The van der Waals surface area contributed by atoms with Crippen molar-refractivity contribution in [2.24, 2.45) is 0 Å². The molecule has 0 saturated carbocycles. The molecule has 1 atom stereocenters. The summed E-state index contributed by atoms with van der Waals surface area (Å²) in [4.78, 5) is 0. The lowest BCUT2D eigenvalue weighted by atomic mass is 9.98. The minimum atomic E-state index is 0.500. The van der Waals surface area contributed by atoms with Crippen LogP contribution >= 0.6 is 15.9 Å². The number of benzene rings is 1. The number of anilines is 1. The number of nitrogen functional groups attached to an aromatic ring is 1. The SMILES string of the molecule is CCCOCCOc1c(N)cc(C(C)CC)cc1Br. The smallest absolute Gasteiger partial charge is 0.156 e. The number of ether oxygens (including phenoxy) is 2. The highest BCUT2D eigenvalue weighted by Crippen LogP contribution is 2.35. The van der Waals surface area contributed by atoms with E-state index in [-0.39, 0.29) is 0 Å². The van der Waals surface area contributed by atoms with Gasteiger partial charge in [0.1, 0.15) is 6.61 Å². The average molecular weight is 330 g/mol. The molecule has 2 N–H and O–H groups in total. The van der Waals surface area contributed by atoms with Crippen molar-refractivity contribution in [3.05, 3.63) is 22.2 Å². The van der Waals surface area contributed by atoms with Crippen LogP contribution in [0, 0.1) is 0 Å². The number of halogens is 1. The third-order valence-corrected chi connectivity index (χ3v) is 3.69. The maximum absolute atomic E-state index is 6.06. The van der Waals surface area contributed by atoms with Gasteiger partial charge in [0.25, 0.3) is 0 Å². The lowest BCUT2D eigenvalue weighted by Gasteiger charge is -2.15. The molecule has 0 bridgehead atoms. The Morgan fingerprint density at radius 2 is 1.95 bits per heavy atom. The Labute approximate surface area is 124 Å². The molecule has 0 fully saturated rings. The molecule has 4 heteroatoms. The molecule has 0 aliphatic rings. The van der Waals surface area contributed by atoms with E-state index < -0.39 is 0 Å². The second-order valence-electron chi connectivity index (χ2n) is 4.69. The fourth-order valence-corrected chi connectivity index (χ4v) is 2.37. The van der Waals surface area contributed by atoms with Crippen LogP contribution < -0.4 is 10.5 Å². The van der Waals surface area contributed by atoms with Gasteiger partial charge in [-0.05, 0) is 52.4 Å². The fraction of sp³-hybridized carbons (Fsp3) is 0.600. The molecule has 19 heavy (non-hydrogen) atoms. The zero-order valence-corrected chi connectivity index (χ0v) is 13.6. The van der Waals surface area contributed by atoms with E-state index in [1.807, 2.05) is 6.07 Å². The highest BCUT2D eigenvalue weighted by Gasteiger charge is 2.11. The van der Waals surface area contributed by atoms with Gasteiger partial charge in [-0.1, -0.05) is 20.8 Å². The summed E-state index contributed by atoms with van der Waals surface area (Å²) >= 11 is 3.53. The van der Waals surface area contributed by atoms with Crippen molar-refractivity contribution in [3.8, 4) is 5.75 Å². The van der Waals surface area contributed by atoms with E-state index in [2.05, 4.69) is 42.8 Å². The average Bonchev–Trinajstić information content (AvgIpc) is 2.40. The minimum Gasteiger partial charge on any atom is -0.488 e. The molecule has 0 saturated heterocycles. The highest BCUT2D eigenvalue weighted by atomic mass is 79.9. The summed E-state index contributed by atoms with van der Waals surface area (Å²) in [6.07, 6.45) is 2.12. The number of hydrogen-bond donors (Lipinski definition) is 1. The molecule has 3 nitrogen and oxygen atoms in total. The van der Waals surface area contributed by atoms with Crippen molar-refractivity contribution in [2.75, 3.05) is 25.6 Å². The van der Waals surface area contributed by atoms with E-state index >= 15 is 0 Å². The topological polar surface area (TPSA) is 44.5 Å². The first-order valence-electron chi connectivity index (χ1n) is 6.89. The minimum absolute atomic E-state index is 0.500. The molecule has 0 amide bonds. The van der Waals surface area contributed by atoms with Crippen molar-refractivity contribution in [2.45, 2.75) is 39.5 Å². The van der Waals surface area contributed by atoms with E-state index in [9.17, 15) is 0 Å². The van der Waals surface area contributed by atoms with Gasteiger partial charge in [-0.2, -0.15) is 0 Å². The molecule has 0 aromatic heterocycles. The van der Waals surface area contributed by atoms with Gasteiger partial charge in [-0.25, -0.2) is 0 Å². The van der Waals surface area contributed by atoms with Crippen LogP contribution in [-0.2, 0) is 4.74 Å². The van der Waals surface area contributed by atoms with E-state index in [0.717, 1.165) is 23.9 Å². The molecular formula is C15H24BrNO2. The third kappa shape index (κ3) is 5.03. The first-order chi connectivity index (χ1) is 9.10. The van der Waals surface area contributed by atoms with Crippen LogP contribution in [0.4, 0.5) is 5.69 Å². The maximum atomic E-state index is 6.06. The lowest BCUT2D eigenvalue weighted by Crippen LogP contribution is -2.09. The molecule has 1 rings (SSSR count). The molecule has 0 radical (unpaired) electrons. The van der Waals surface area contributed by atoms with Crippen LogP contribution in [-0.4, -0.2) is 19.8 Å². The van der Waals surface area contributed by atoms with Gasteiger partial charge in [0, 0.05) is 6.61 Å². The largest absolute Gasteiger partial charge is 0.488 e. The molecule has 1 unspecified atom stereocenters. The molecule has 0 spiro atoms. The standard InChI is InChI=1S/C15H24BrNO2/c1-4-6-18-7-8-19-15-13(16)9-12(10-14(15)17)11(3)5-2/h9-11H,4-8,17H2,1-3H3. The first-order valence-corrected chi connectivity index (χ1v) is 7.68. The van der Waals surface area contributed by atoms with Gasteiger partial charge < -0.3 is 15.2 Å². The molecule has 0 heterocycles. The molecule has 108 valence electrons. The van der Waals surface area contributed by atoms with E-state index in [0.29, 0.717) is 30.6 Å². The summed E-state index contributed by atoms with van der Waals surface area (Å²) in [6.45, 7) is 8.33. The number of rotatable bonds is 8. The lowest BCUT2D eigenvalue weighted by molar-refractivity contribution is 0.101. The predicted molar refractivity (Wildman–Crippen MR) is 83.9 cm³/mol. The quantitative estimate of drug-likeness (QED) is 0.569. The van der Waals surface area contributed by atoms with Gasteiger partial charge in [0.2, 0.25) is 0 Å². The summed E-state index contributed by atoms with van der Waals surface area (Å²) in [5.74, 6) is 1.22. The van der Waals surface area contributed by atoms with Crippen molar-refractivity contribution in [1.82, 2.24) is 0 Å². The zero-order chi connectivity index (χ0) is 14.3. The van der Waals surface area contributed by atoms with Crippen LogP contribution in [0.25, 0.3) is 0 Å². The predicted octanol–water partition coefficient (Wildman–Crippen LogP) is 4.35. The van der Waals surface area contributed by atoms with Gasteiger partial charge >= 0.3 is 0 Å². The highest BCUT2D eigenvalue weighted by molar-refractivity contribution is 9.10. The summed E-state index contributed by atoms with van der Waals surface area (Å²) in [6, 6.07) is 4.09. The first kappa shape index (κ1) is 16.3. The second-order valence-corrected chi connectivity index (χ2v) is 5.55. The molecular weight excluding hydrogens is 306 g/mol.